The van der Waals surface area contributed by atoms with E-state index in [1.54, 1.807) is 0 Å². The van der Waals surface area contributed by atoms with Gasteiger partial charge in [0.1, 0.15) is 0 Å². The van der Waals surface area contributed by atoms with Crippen LogP contribution >= 0.6 is 0 Å². The minimum Gasteiger partial charge on any atom is -0.309 e. The van der Waals surface area contributed by atoms with Crippen molar-refractivity contribution in [1.82, 2.24) is 9.13 Å². The van der Waals surface area contributed by atoms with E-state index in [4.69, 9.17) is 0 Å². The Hall–Kier alpha value is -7.94. The van der Waals surface area contributed by atoms with Crippen molar-refractivity contribution in [2.75, 3.05) is 0 Å². The lowest BCUT2D eigenvalue weighted by atomic mass is 9.96. The van der Waals surface area contributed by atoms with Crippen LogP contribution < -0.4 is 0 Å². The molecule has 0 saturated carbocycles. The van der Waals surface area contributed by atoms with Crippen LogP contribution in [0.5, 0.6) is 0 Å². The number of fused-ring (bicyclic) bond motifs is 10. The minimum absolute atomic E-state index is 1.15. The monoisotopic (exact) mass is 760 g/mol. The number of rotatable bonds is 5. The smallest absolute Gasteiger partial charge is 0.0553 e. The lowest BCUT2D eigenvalue weighted by Gasteiger charge is -2.11. The van der Waals surface area contributed by atoms with E-state index in [1.807, 2.05) is 0 Å². The Kier molecular flexibility index (Phi) is 7.05. The van der Waals surface area contributed by atoms with Crippen LogP contribution in [-0.4, -0.2) is 9.13 Å². The Balaban J connectivity index is 0.977. The highest BCUT2D eigenvalue weighted by Gasteiger charge is 2.25. The number of hydrogen-bond donors (Lipinski definition) is 0. The molecule has 0 saturated heterocycles. The molecule has 10 aromatic carbocycles. The van der Waals surface area contributed by atoms with E-state index in [1.165, 1.54) is 116 Å². The van der Waals surface area contributed by atoms with Crippen LogP contribution in [0.3, 0.4) is 0 Å². The number of hydrogen-bond acceptors (Lipinski definition) is 0. The fraction of sp³-hybridized carbons (Fsp3) is 0. The van der Waals surface area contributed by atoms with Gasteiger partial charge in [-0.05, 0) is 127 Å². The van der Waals surface area contributed by atoms with Crippen molar-refractivity contribution < 1.29 is 0 Å². The quantitative estimate of drug-likeness (QED) is 0.165. The van der Waals surface area contributed by atoms with Crippen molar-refractivity contribution in [2.45, 2.75) is 0 Å². The van der Waals surface area contributed by atoms with Gasteiger partial charge < -0.3 is 9.13 Å². The van der Waals surface area contributed by atoms with Gasteiger partial charge in [0.25, 0.3) is 0 Å². The summed E-state index contributed by atoms with van der Waals surface area (Å²) < 4.78 is 4.88. The van der Waals surface area contributed by atoms with Crippen LogP contribution in [-0.2, 0) is 0 Å². The molecule has 12 aromatic rings. The Labute approximate surface area is 347 Å². The summed E-state index contributed by atoms with van der Waals surface area (Å²) in [4.78, 5) is 0. The molecule has 1 aliphatic carbocycles. The minimum atomic E-state index is 1.15. The summed E-state index contributed by atoms with van der Waals surface area (Å²) in [5.74, 6) is 0. The lowest BCUT2D eigenvalue weighted by Crippen LogP contribution is -1.94. The Morgan fingerprint density at radius 3 is 1.48 bits per heavy atom. The molecule has 0 radical (unpaired) electrons. The van der Waals surface area contributed by atoms with Crippen molar-refractivity contribution >= 4 is 54.4 Å². The molecule has 2 nitrogen and oxygen atoms in total. The third-order valence-electron chi connectivity index (χ3n) is 12.8. The highest BCUT2D eigenvalue weighted by Crippen LogP contribution is 2.51. The third-order valence-corrected chi connectivity index (χ3v) is 12.8. The summed E-state index contributed by atoms with van der Waals surface area (Å²) >= 11 is 0. The maximum atomic E-state index is 2.46. The van der Waals surface area contributed by atoms with Gasteiger partial charge in [0.2, 0.25) is 0 Å². The molecule has 0 bridgehead atoms. The molecular weight excluding hydrogens is 725 g/mol. The summed E-state index contributed by atoms with van der Waals surface area (Å²) in [5.41, 5.74) is 19.7. The highest BCUT2D eigenvalue weighted by molar-refractivity contribution is 6.29. The van der Waals surface area contributed by atoms with E-state index in [-0.39, 0.29) is 0 Å². The molecule has 0 amide bonds. The van der Waals surface area contributed by atoms with Gasteiger partial charge in [-0.3, -0.25) is 0 Å². The van der Waals surface area contributed by atoms with Crippen molar-refractivity contribution in [3.05, 3.63) is 218 Å². The predicted molar refractivity (Wildman–Crippen MR) is 253 cm³/mol. The SMILES string of the molecule is c1ccc(-c2ccc(-c3cccc(-n4c5ccccc5c5cc(-c6ccc7c(c6)c6c8cccc9c8c(cc6n7-c6ccccc6)-c6ccccc6-9)ccc54)c3)cc2)cc1. The van der Waals surface area contributed by atoms with E-state index in [2.05, 4.69) is 228 Å². The van der Waals surface area contributed by atoms with Crippen molar-refractivity contribution in [3.63, 3.8) is 0 Å². The van der Waals surface area contributed by atoms with Crippen LogP contribution in [0.15, 0.2) is 218 Å². The summed E-state index contributed by atoms with van der Waals surface area (Å²) in [6.07, 6.45) is 0. The van der Waals surface area contributed by atoms with E-state index in [0.29, 0.717) is 0 Å². The normalized spacial score (nSPS) is 12.0. The summed E-state index contributed by atoms with van der Waals surface area (Å²) in [5, 5.41) is 7.72. The van der Waals surface area contributed by atoms with Crippen LogP contribution in [0.4, 0.5) is 0 Å². The van der Waals surface area contributed by atoms with Crippen molar-refractivity contribution in [1.29, 1.82) is 0 Å². The largest absolute Gasteiger partial charge is 0.309 e. The molecule has 2 heterocycles. The molecule has 0 fully saturated rings. The second-order valence-electron chi connectivity index (χ2n) is 16.1. The Bertz CT molecular complexity index is 3680. The van der Waals surface area contributed by atoms with Gasteiger partial charge in [-0.1, -0.05) is 158 Å². The molecule has 0 N–H and O–H groups in total. The number of benzene rings is 10. The zero-order chi connectivity index (χ0) is 39.3. The molecule has 2 aromatic heterocycles. The van der Waals surface area contributed by atoms with Gasteiger partial charge in [0, 0.05) is 32.9 Å². The summed E-state index contributed by atoms with van der Waals surface area (Å²) in [7, 11) is 0. The molecule has 0 atom stereocenters. The fourth-order valence-electron chi connectivity index (χ4n) is 10.2. The standard InChI is InChI=1S/C58H36N2/c1-3-13-37(14-4-1)38-25-27-39(28-26-38)40-15-11-18-44(33-40)60-53-24-10-9-21-47(53)50-34-41(29-31-54(50)60)42-30-32-55-52(35-42)58-49-23-12-22-48-45-19-7-8-20-46(45)51(57(48)49)36-56(58)59(55)43-16-5-2-6-17-43/h1-36H. The van der Waals surface area contributed by atoms with Gasteiger partial charge in [0.15, 0.2) is 0 Å². The van der Waals surface area contributed by atoms with Crippen LogP contribution in [0.1, 0.15) is 0 Å². The first-order chi connectivity index (χ1) is 29.8. The van der Waals surface area contributed by atoms with E-state index >= 15 is 0 Å². The summed E-state index contributed by atoms with van der Waals surface area (Å²) in [6, 6.07) is 80.4. The molecule has 1 aliphatic rings. The highest BCUT2D eigenvalue weighted by atomic mass is 15.0. The van der Waals surface area contributed by atoms with Gasteiger partial charge in [-0.2, -0.15) is 0 Å². The first-order valence-corrected chi connectivity index (χ1v) is 20.8. The summed E-state index contributed by atoms with van der Waals surface area (Å²) in [6.45, 7) is 0. The lowest BCUT2D eigenvalue weighted by molar-refractivity contribution is 1.18. The molecule has 0 spiro atoms. The molecule has 0 aliphatic heterocycles. The Morgan fingerprint density at radius 1 is 0.217 bits per heavy atom. The first-order valence-electron chi connectivity index (χ1n) is 20.8. The van der Waals surface area contributed by atoms with Crippen LogP contribution in [0.2, 0.25) is 0 Å². The molecule has 2 heteroatoms. The van der Waals surface area contributed by atoms with Gasteiger partial charge in [0.05, 0.1) is 22.1 Å². The van der Waals surface area contributed by atoms with Crippen LogP contribution in [0.25, 0.3) is 121 Å². The van der Waals surface area contributed by atoms with Crippen molar-refractivity contribution in [2.24, 2.45) is 0 Å². The molecule has 13 rings (SSSR count). The molecule has 278 valence electrons. The predicted octanol–water partition coefficient (Wildman–Crippen LogP) is 15.7. The van der Waals surface area contributed by atoms with Crippen LogP contribution in [0, 0.1) is 0 Å². The van der Waals surface area contributed by atoms with Gasteiger partial charge in [-0.15, -0.1) is 0 Å². The molecule has 0 unspecified atom stereocenters. The maximum Gasteiger partial charge on any atom is 0.0553 e. The topological polar surface area (TPSA) is 9.86 Å². The molecular formula is C58H36N2. The van der Waals surface area contributed by atoms with Gasteiger partial charge in [-0.25, -0.2) is 0 Å². The van der Waals surface area contributed by atoms with E-state index in [9.17, 15) is 0 Å². The average molecular weight is 761 g/mol. The second kappa shape index (κ2) is 12.8. The fourth-order valence-corrected chi connectivity index (χ4v) is 10.2. The number of para-hydroxylation sites is 2. The third kappa shape index (κ3) is 4.82. The van der Waals surface area contributed by atoms with E-state index in [0.717, 1.165) is 5.69 Å². The zero-order valence-electron chi connectivity index (χ0n) is 32.7. The second-order valence-corrected chi connectivity index (χ2v) is 16.1. The first kappa shape index (κ1) is 33.1. The van der Waals surface area contributed by atoms with Crippen molar-refractivity contribution in [3.8, 4) is 67.0 Å². The van der Waals surface area contributed by atoms with Gasteiger partial charge >= 0.3 is 0 Å². The molecule has 60 heavy (non-hydrogen) atoms. The Morgan fingerprint density at radius 2 is 0.700 bits per heavy atom. The maximum absolute atomic E-state index is 2.46. The number of nitrogens with zero attached hydrogens (tertiary/aromatic N) is 2. The van der Waals surface area contributed by atoms with E-state index < -0.39 is 0 Å². The number of aromatic nitrogens is 2. The zero-order valence-corrected chi connectivity index (χ0v) is 32.7. The average Bonchev–Trinajstić information content (AvgIpc) is 3.96.